The van der Waals surface area contributed by atoms with Crippen LogP contribution in [-0.4, -0.2) is 82.5 Å². The van der Waals surface area contributed by atoms with Crippen molar-refractivity contribution in [1.82, 2.24) is 20.1 Å². The van der Waals surface area contributed by atoms with E-state index in [9.17, 15) is 19.5 Å². The highest BCUT2D eigenvalue weighted by Crippen LogP contribution is 2.29. The maximum absolute atomic E-state index is 14.4. The molecule has 234 valence electrons. The third kappa shape index (κ3) is 10.3. The largest absolute Gasteiger partial charge is 0.461 e. The summed E-state index contributed by atoms with van der Waals surface area (Å²) in [6.07, 6.45) is 7.05. The van der Waals surface area contributed by atoms with E-state index >= 15 is 0 Å². The molecule has 10 heteroatoms. The summed E-state index contributed by atoms with van der Waals surface area (Å²) in [7, 11) is 1.98. The Bertz CT molecular complexity index is 955. The van der Waals surface area contributed by atoms with Crippen LogP contribution in [0.4, 0.5) is 0 Å². The van der Waals surface area contributed by atoms with Crippen LogP contribution >= 0.6 is 11.3 Å². The Morgan fingerprint density at radius 2 is 1.90 bits per heavy atom. The van der Waals surface area contributed by atoms with Gasteiger partial charge in [0.1, 0.15) is 17.2 Å². The molecular weight excluding hydrogens is 540 g/mol. The Morgan fingerprint density at radius 3 is 2.51 bits per heavy atom. The van der Waals surface area contributed by atoms with Gasteiger partial charge in [0.05, 0.1) is 12.6 Å². The monoisotopic (exact) mass is 594 g/mol. The number of likely N-dealkylation sites (tertiary alicyclic amines) is 1. The molecule has 1 aliphatic heterocycles. The van der Waals surface area contributed by atoms with E-state index in [1.54, 1.807) is 12.3 Å². The molecule has 0 saturated carbocycles. The lowest BCUT2D eigenvalue weighted by molar-refractivity contribution is -0.142. The minimum absolute atomic E-state index is 0.0395. The smallest absolute Gasteiger partial charge is 0.357 e. The summed E-state index contributed by atoms with van der Waals surface area (Å²) >= 11 is 1.22. The van der Waals surface area contributed by atoms with Crippen molar-refractivity contribution in [2.24, 2.45) is 11.8 Å². The van der Waals surface area contributed by atoms with Crippen molar-refractivity contribution in [2.45, 2.75) is 124 Å². The van der Waals surface area contributed by atoms with E-state index in [-0.39, 0.29) is 48.0 Å². The van der Waals surface area contributed by atoms with Gasteiger partial charge in [-0.2, -0.15) is 0 Å². The van der Waals surface area contributed by atoms with Crippen LogP contribution in [-0.2, 0) is 14.3 Å². The topological polar surface area (TPSA) is 112 Å². The summed E-state index contributed by atoms with van der Waals surface area (Å²) in [5.74, 6) is -0.650. The van der Waals surface area contributed by atoms with Crippen molar-refractivity contribution in [3.05, 3.63) is 16.1 Å². The normalized spacial score (nSPS) is 18.9. The maximum atomic E-state index is 14.4. The third-order valence-corrected chi connectivity index (χ3v) is 9.26. The van der Waals surface area contributed by atoms with Crippen LogP contribution in [0.3, 0.4) is 0 Å². The second kappa shape index (κ2) is 17.8. The number of carbonyl (C=O) groups excluding carboxylic acids is 3. The number of carbonyl (C=O) groups is 3. The molecule has 2 rings (SSSR count). The number of nitrogens with one attached hydrogen (secondary N) is 1. The lowest BCUT2D eigenvalue weighted by Gasteiger charge is -2.40. The molecule has 2 heterocycles. The van der Waals surface area contributed by atoms with E-state index in [0.29, 0.717) is 18.0 Å². The number of aliphatic hydroxyl groups excluding tert-OH is 1. The van der Waals surface area contributed by atoms with Gasteiger partial charge in [0.25, 0.3) is 0 Å². The highest BCUT2D eigenvalue weighted by molar-refractivity contribution is 7.09. The van der Waals surface area contributed by atoms with Crippen molar-refractivity contribution < 1.29 is 24.2 Å². The predicted molar refractivity (Wildman–Crippen MR) is 164 cm³/mol. The standard InChI is InChI=1S/C31H54N4O5S/c1-8-11-12-14-18-35(25(21(4)5)19-26(36)29-32-23(20-41-29)31(39)40-10-3)30(38)27(22(6)9-2)33-28(37)24-16-13-15-17-34(24)7/h20-22,24-27,36H,8-19H2,1-7H3,(H,33,37)/t22-,24+,25+,26+,27-/m0/s1. The van der Waals surface area contributed by atoms with E-state index in [2.05, 4.69) is 36.0 Å². The van der Waals surface area contributed by atoms with Gasteiger partial charge in [-0.25, -0.2) is 9.78 Å². The van der Waals surface area contributed by atoms with Gasteiger partial charge in [0.2, 0.25) is 11.8 Å². The van der Waals surface area contributed by atoms with Crippen LogP contribution in [0.5, 0.6) is 0 Å². The Labute approximate surface area is 251 Å². The zero-order valence-corrected chi connectivity index (χ0v) is 27.2. The SMILES string of the molecule is CCCCCCN(C(=O)[C@@H](NC(=O)[C@H]1CCCCN1C)[C@@H](C)CC)[C@H](C[C@@H](O)c1nc(C(=O)OCC)cs1)C(C)C. The molecule has 0 radical (unpaired) electrons. The van der Waals surface area contributed by atoms with Gasteiger partial charge in [-0.05, 0) is 51.6 Å². The van der Waals surface area contributed by atoms with Gasteiger partial charge in [0.15, 0.2) is 5.69 Å². The van der Waals surface area contributed by atoms with Crippen LogP contribution in [0.1, 0.15) is 121 Å². The number of hydrogen-bond donors (Lipinski definition) is 2. The minimum Gasteiger partial charge on any atom is -0.461 e. The summed E-state index contributed by atoms with van der Waals surface area (Å²) in [5, 5.41) is 16.4. The number of amides is 2. The van der Waals surface area contributed by atoms with Crippen LogP contribution in [0.2, 0.25) is 0 Å². The average molecular weight is 595 g/mol. The van der Waals surface area contributed by atoms with Crippen molar-refractivity contribution in [1.29, 1.82) is 0 Å². The zero-order chi connectivity index (χ0) is 30.5. The number of aliphatic hydroxyl groups is 1. The fourth-order valence-corrected chi connectivity index (χ4v) is 6.28. The molecule has 0 unspecified atom stereocenters. The highest BCUT2D eigenvalue weighted by atomic mass is 32.1. The van der Waals surface area contributed by atoms with E-state index in [1.165, 1.54) is 11.3 Å². The Kier molecular flexibility index (Phi) is 15.3. The quantitative estimate of drug-likeness (QED) is 0.189. The number of hydrogen-bond acceptors (Lipinski definition) is 8. The fourth-order valence-electron chi connectivity index (χ4n) is 5.49. The Hall–Kier alpha value is -2.04. The number of rotatable bonds is 17. The summed E-state index contributed by atoms with van der Waals surface area (Å²) in [6, 6.07) is -1.13. The predicted octanol–water partition coefficient (Wildman–Crippen LogP) is 5.19. The molecule has 41 heavy (non-hydrogen) atoms. The number of piperidine rings is 1. The average Bonchev–Trinajstić information content (AvgIpc) is 3.45. The lowest BCUT2D eigenvalue weighted by Crippen LogP contribution is -2.58. The maximum Gasteiger partial charge on any atom is 0.357 e. The summed E-state index contributed by atoms with van der Waals surface area (Å²) in [5.41, 5.74) is 0.187. The van der Waals surface area contributed by atoms with Crippen LogP contribution in [0, 0.1) is 11.8 Å². The first-order chi connectivity index (χ1) is 19.5. The molecule has 0 bridgehead atoms. The number of ether oxygens (including phenoxy) is 1. The number of likely N-dealkylation sites (N-methyl/N-ethyl adjacent to an activating group) is 1. The third-order valence-electron chi connectivity index (χ3n) is 8.31. The van der Waals surface area contributed by atoms with Gasteiger partial charge >= 0.3 is 5.97 Å². The van der Waals surface area contributed by atoms with Gasteiger partial charge in [-0.15, -0.1) is 11.3 Å². The molecule has 1 aromatic rings. The van der Waals surface area contributed by atoms with Gasteiger partial charge in [0, 0.05) is 24.4 Å². The van der Waals surface area contributed by atoms with E-state index < -0.39 is 18.1 Å². The fraction of sp³-hybridized carbons (Fsp3) is 0.806. The van der Waals surface area contributed by atoms with Crippen molar-refractivity contribution in [2.75, 3.05) is 26.7 Å². The number of thiazole rings is 1. The first-order valence-electron chi connectivity index (χ1n) is 15.7. The van der Waals surface area contributed by atoms with Gasteiger partial charge < -0.3 is 20.1 Å². The van der Waals surface area contributed by atoms with E-state index in [4.69, 9.17) is 4.74 Å². The molecule has 0 spiro atoms. The van der Waals surface area contributed by atoms with Crippen molar-refractivity contribution in [3.63, 3.8) is 0 Å². The zero-order valence-electron chi connectivity index (χ0n) is 26.4. The molecule has 0 aliphatic carbocycles. The number of aromatic nitrogens is 1. The second-order valence-corrected chi connectivity index (χ2v) is 12.7. The van der Waals surface area contributed by atoms with Crippen LogP contribution < -0.4 is 5.32 Å². The molecule has 5 atom stereocenters. The summed E-state index contributed by atoms with van der Waals surface area (Å²) < 4.78 is 5.05. The molecule has 2 amide bonds. The number of esters is 1. The van der Waals surface area contributed by atoms with Crippen molar-refractivity contribution in [3.8, 4) is 0 Å². The van der Waals surface area contributed by atoms with Crippen molar-refractivity contribution >= 4 is 29.1 Å². The van der Waals surface area contributed by atoms with Crippen LogP contribution in [0.25, 0.3) is 0 Å². The van der Waals surface area contributed by atoms with Crippen LogP contribution in [0.15, 0.2) is 5.38 Å². The van der Waals surface area contributed by atoms with E-state index in [1.807, 2.05) is 25.8 Å². The minimum atomic E-state index is -0.936. The summed E-state index contributed by atoms with van der Waals surface area (Å²) in [4.78, 5) is 48.3. The number of unbranched alkanes of at least 4 members (excludes halogenated alkanes) is 3. The molecule has 9 nitrogen and oxygen atoms in total. The lowest BCUT2D eigenvalue weighted by atomic mass is 9.91. The number of nitrogens with zero attached hydrogens (tertiary/aromatic N) is 3. The highest BCUT2D eigenvalue weighted by Gasteiger charge is 2.37. The molecule has 1 aliphatic rings. The molecular formula is C31H54N4O5S. The molecule has 2 N–H and O–H groups in total. The van der Waals surface area contributed by atoms with Gasteiger partial charge in [-0.3, -0.25) is 14.5 Å². The van der Waals surface area contributed by atoms with Gasteiger partial charge in [-0.1, -0.05) is 66.7 Å². The first kappa shape index (κ1) is 35.2. The Morgan fingerprint density at radius 1 is 1.17 bits per heavy atom. The van der Waals surface area contributed by atoms with E-state index in [0.717, 1.165) is 57.9 Å². The molecule has 0 aromatic carbocycles. The summed E-state index contributed by atoms with van der Waals surface area (Å²) in [6.45, 7) is 13.8. The molecule has 1 saturated heterocycles. The molecule has 1 aromatic heterocycles. The molecule has 1 fully saturated rings. The Balaban J connectivity index is 2.32. The second-order valence-electron chi connectivity index (χ2n) is 11.8. The first-order valence-corrected chi connectivity index (χ1v) is 16.5.